The second-order valence-electron chi connectivity index (χ2n) is 6.38. The number of hydrogen-bond donors (Lipinski definition) is 1. The number of thiophene rings is 1. The highest BCUT2D eigenvalue weighted by Crippen LogP contribution is 2.21. The summed E-state index contributed by atoms with van der Waals surface area (Å²) in [5.41, 5.74) is 6.45. The molecule has 2 rings (SSSR count). The van der Waals surface area contributed by atoms with Crippen LogP contribution in [0.3, 0.4) is 0 Å². The maximum Gasteiger partial charge on any atom is 0.254 e. The van der Waals surface area contributed by atoms with Gasteiger partial charge in [0.25, 0.3) is 5.91 Å². The molecule has 0 saturated carbocycles. The van der Waals surface area contributed by atoms with Crippen LogP contribution in [0, 0.1) is 5.41 Å². The normalized spacial score (nSPS) is 11.3. The standard InChI is InChI=1S/C18H22N2O2S/c1-18(2,11-19)12-20(3)17(22)14-8-5-4-7-13(14)16(21)15-9-6-10-23-15/h4-10H,11-12,19H2,1-3H3. The zero-order valence-electron chi connectivity index (χ0n) is 13.7. The molecule has 5 heteroatoms. The molecule has 0 bridgehead atoms. The largest absolute Gasteiger partial charge is 0.341 e. The van der Waals surface area contributed by atoms with Crippen LogP contribution in [0.4, 0.5) is 0 Å². The number of ketones is 1. The van der Waals surface area contributed by atoms with Crippen LogP contribution in [0.5, 0.6) is 0 Å². The van der Waals surface area contributed by atoms with E-state index in [1.807, 2.05) is 25.3 Å². The zero-order valence-corrected chi connectivity index (χ0v) is 14.5. The first-order valence-corrected chi connectivity index (χ1v) is 8.36. The maximum absolute atomic E-state index is 12.8. The lowest BCUT2D eigenvalue weighted by molar-refractivity contribution is 0.0737. The second-order valence-corrected chi connectivity index (χ2v) is 7.33. The van der Waals surface area contributed by atoms with Crippen molar-refractivity contribution in [3.05, 3.63) is 57.8 Å². The molecular weight excluding hydrogens is 308 g/mol. The van der Waals surface area contributed by atoms with Gasteiger partial charge in [-0.25, -0.2) is 0 Å². The van der Waals surface area contributed by atoms with Crippen molar-refractivity contribution < 1.29 is 9.59 Å². The van der Waals surface area contributed by atoms with E-state index in [0.717, 1.165) is 0 Å². The Kier molecular flexibility index (Phi) is 5.34. The first-order valence-electron chi connectivity index (χ1n) is 7.48. The summed E-state index contributed by atoms with van der Waals surface area (Å²) in [6.07, 6.45) is 0. The molecule has 0 radical (unpaired) electrons. The van der Waals surface area contributed by atoms with Gasteiger partial charge in [-0.15, -0.1) is 11.3 Å². The Morgan fingerprint density at radius 2 is 1.78 bits per heavy atom. The summed E-state index contributed by atoms with van der Waals surface area (Å²) in [5.74, 6) is -0.275. The number of benzene rings is 1. The van der Waals surface area contributed by atoms with E-state index in [0.29, 0.717) is 29.1 Å². The van der Waals surface area contributed by atoms with Crippen LogP contribution in [0.15, 0.2) is 41.8 Å². The molecule has 0 fully saturated rings. The number of carbonyl (C=O) groups excluding carboxylic acids is 2. The van der Waals surface area contributed by atoms with Gasteiger partial charge < -0.3 is 10.6 Å². The Morgan fingerprint density at radius 1 is 1.13 bits per heavy atom. The number of amides is 1. The third-order valence-corrected chi connectivity index (χ3v) is 4.58. The van der Waals surface area contributed by atoms with Gasteiger partial charge in [0.15, 0.2) is 0 Å². The minimum absolute atomic E-state index is 0.115. The third kappa shape index (κ3) is 4.06. The van der Waals surface area contributed by atoms with Gasteiger partial charge in [0.2, 0.25) is 5.78 Å². The van der Waals surface area contributed by atoms with Gasteiger partial charge in [-0.05, 0) is 29.5 Å². The van der Waals surface area contributed by atoms with Crippen LogP contribution in [-0.4, -0.2) is 36.7 Å². The van der Waals surface area contributed by atoms with Crippen molar-refractivity contribution in [2.24, 2.45) is 11.1 Å². The molecule has 1 heterocycles. The fourth-order valence-electron chi connectivity index (χ4n) is 2.39. The van der Waals surface area contributed by atoms with E-state index in [9.17, 15) is 9.59 Å². The Morgan fingerprint density at radius 3 is 2.35 bits per heavy atom. The van der Waals surface area contributed by atoms with Crippen molar-refractivity contribution in [1.82, 2.24) is 4.90 Å². The summed E-state index contributed by atoms with van der Waals surface area (Å²) in [7, 11) is 1.74. The summed E-state index contributed by atoms with van der Waals surface area (Å²) in [4.78, 5) is 27.7. The van der Waals surface area contributed by atoms with E-state index in [1.54, 1.807) is 42.3 Å². The number of rotatable bonds is 6. The molecule has 0 aliphatic heterocycles. The molecule has 0 aliphatic carbocycles. The van der Waals surface area contributed by atoms with Crippen molar-refractivity contribution >= 4 is 23.0 Å². The summed E-state index contributed by atoms with van der Waals surface area (Å²) in [5, 5.41) is 1.85. The van der Waals surface area contributed by atoms with Gasteiger partial charge in [0.05, 0.1) is 10.4 Å². The Hall–Kier alpha value is -1.98. The molecule has 1 amide bonds. The highest BCUT2D eigenvalue weighted by Gasteiger charge is 2.25. The molecule has 2 aromatic rings. The van der Waals surface area contributed by atoms with Gasteiger partial charge in [0.1, 0.15) is 0 Å². The molecular formula is C18H22N2O2S. The number of nitrogens with zero attached hydrogens (tertiary/aromatic N) is 1. The molecule has 0 unspecified atom stereocenters. The van der Waals surface area contributed by atoms with Gasteiger partial charge >= 0.3 is 0 Å². The van der Waals surface area contributed by atoms with Crippen molar-refractivity contribution in [2.45, 2.75) is 13.8 Å². The molecule has 23 heavy (non-hydrogen) atoms. The van der Waals surface area contributed by atoms with E-state index < -0.39 is 0 Å². The summed E-state index contributed by atoms with van der Waals surface area (Å²) in [6.45, 7) is 5.04. The Balaban J connectivity index is 2.30. The van der Waals surface area contributed by atoms with Crippen LogP contribution in [0.1, 0.15) is 39.4 Å². The van der Waals surface area contributed by atoms with E-state index in [4.69, 9.17) is 5.73 Å². The van der Waals surface area contributed by atoms with Gasteiger partial charge in [-0.2, -0.15) is 0 Å². The maximum atomic E-state index is 12.8. The summed E-state index contributed by atoms with van der Waals surface area (Å²) < 4.78 is 0. The van der Waals surface area contributed by atoms with Crippen LogP contribution in [0.2, 0.25) is 0 Å². The highest BCUT2D eigenvalue weighted by atomic mass is 32.1. The Labute approximate surface area is 140 Å². The van der Waals surface area contributed by atoms with Crippen molar-refractivity contribution in [2.75, 3.05) is 20.1 Å². The predicted octanol–water partition coefficient (Wildman–Crippen LogP) is 3.04. The first kappa shape index (κ1) is 17.4. The van der Waals surface area contributed by atoms with E-state index in [-0.39, 0.29) is 17.1 Å². The van der Waals surface area contributed by atoms with Crippen LogP contribution in [-0.2, 0) is 0 Å². The van der Waals surface area contributed by atoms with Crippen LogP contribution >= 0.6 is 11.3 Å². The van der Waals surface area contributed by atoms with E-state index in [2.05, 4.69) is 0 Å². The fourth-order valence-corrected chi connectivity index (χ4v) is 3.07. The fraction of sp³-hybridized carbons (Fsp3) is 0.333. The highest BCUT2D eigenvalue weighted by molar-refractivity contribution is 7.12. The monoisotopic (exact) mass is 330 g/mol. The van der Waals surface area contributed by atoms with E-state index >= 15 is 0 Å². The molecule has 1 aromatic carbocycles. The molecule has 0 saturated heterocycles. The zero-order chi connectivity index (χ0) is 17.0. The molecule has 1 aromatic heterocycles. The number of carbonyl (C=O) groups is 2. The Bertz CT molecular complexity index is 693. The molecule has 2 N–H and O–H groups in total. The lowest BCUT2D eigenvalue weighted by Gasteiger charge is -2.29. The van der Waals surface area contributed by atoms with Crippen molar-refractivity contribution in [3.63, 3.8) is 0 Å². The summed E-state index contributed by atoms with van der Waals surface area (Å²) >= 11 is 1.38. The topological polar surface area (TPSA) is 63.4 Å². The molecule has 4 nitrogen and oxygen atoms in total. The molecule has 0 atom stereocenters. The van der Waals surface area contributed by atoms with Crippen LogP contribution < -0.4 is 5.73 Å². The second kappa shape index (κ2) is 7.06. The lowest BCUT2D eigenvalue weighted by atomic mass is 9.92. The van der Waals surface area contributed by atoms with Crippen molar-refractivity contribution in [1.29, 1.82) is 0 Å². The SMILES string of the molecule is CN(CC(C)(C)CN)C(=O)c1ccccc1C(=O)c1cccs1. The number of hydrogen-bond acceptors (Lipinski definition) is 4. The average molecular weight is 330 g/mol. The molecule has 0 spiro atoms. The summed E-state index contributed by atoms with van der Waals surface area (Å²) in [6, 6.07) is 10.6. The lowest BCUT2D eigenvalue weighted by Crippen LogP contribution is -2.40. The van der Waals surface area contributed by atoms with Gasteiger partial charge in [0, 0.05) is 19.2 Å². The molecule has 0 aliphatic rings. The number of nitrogens with two attached hydrogens (primary N) is 1. The predicted molar refractivity (Wildman–Crippen MR) is 94.0 cm³/mol. The quantitative estimate of drug-likeness (QED) is 0.828. The van der Waals surface area contributed by atoms with Gasteiger partial charge in [-0.3, -0.25) is 9.59 Å². The molecule has 122 valence electrons. The average Bonchev–Trinajstić information content (AvgIpc) is 3.07. The minimum Gasteiger partial charge on any atom is -0.341 e. The first-order chi connectivity index (χ1) is 10.9. The van der Waals surface area contributed by atoms with Crippen molar-refractivity contribution in [3.8, 4) is 0 Å². The van der Waals surface area contributed by atoms with Gasteiger partial charge in [-0.1, -0.05) is 38.1 Å². The minimum atomic E-state index is -0.170. The van der Waals surface area contributed by atoms with Crippen LogP contribution in [0.25, 0.3) is 0 Å². The van der Waals surface area contributed by atoms with E-state index in [1.165, 1.54) is 11.3 Å². The smallest absolute Gasteiger partial charge is 0.254 e. The third-order valence-electron chi connectivity index (χ3n) is 3.71.